The highest BCUT2D eigenvalue weighted by atomic mass is 16.5. The van der Waals surface area contributed by atoms with Crippen LogP contribution in [-0.2, 0) is 9.47 Å². The first kappa shape index (κ1) is 15.9. The van der Waals surface area contributed by atoms with Gasteiger partial charge in [0.2, 0.25) is 0 Å². The van der Waals surface area contributed by atoms with Crippen LogP contribution in [0.4, 0.5) is 0 Å². The van der Waals surface area contributed by atoms with Gasteiger partial charge in [-0.2, -0.15) is 0 Å². The van der Waals surface area contributed by atoms with Gasteiger partial charge < -0.3 is 14.8 Å². The van der Waals surface area contributed by atoms with E-state index in [4.69, 9.17) is 9.47 Å². The molecule has 0 aliphatic carbocycles. The van der Waals surface area contributed by atoms with E-state index in [0.29, 0.717) is 6.04 Å². The first-order valence-electron chi connectivity index (χ1n) is 6.73. The van der Waals surface area contributed by atoms with E-state index in [1.807, 2.05) is 0 Å². The van der Waals surface area contributed by atoms with E-state index >= 15 is 0 Å². The van der Waals surface area contributed by atoms with E-state index in [-0.39, 0.29) is 0 Å². The number of hydrogen-bond acceptors (Lipinski definition) is 3. The largest absolute Gasteiger partial charge is 0.379 e. The van der Waals surface area contributed by atoms with Gasteiger partial charge in [-0.25, -0.2) is 0 Å². The molecule has 1 atom stereocenters. The zero-order valence-electron chi connectivity index (χ0n) is 11.3. The molecule has 0 fully saturated rings. The van der Waals surface area contributed by atoms with Gasteiger partial charge in [0.1, 0.15) is 0 Å². The molecule has 0 heterocycles. The van der Waals surface area contributed by atoms with Crippen LogP contribution >= 0.6 is 0 Å². The Kier molecular flexibility index (Phi) is 12.9. The van der Waals surface area contributed by atoms with Gasteiger partial charge in [0.25, 0.3) is 0 Å². The number of hydrogen-bond donors (Lipinski definition) is 1. The zero-order chi connectivity index (χ0) is 12.1. The maximum absolute atomic E-state index is 5.59. The van der Waals surface area contributed by atoms with E-state index < -0.39 is 0 Å². The van der Waals surface area contributed by atoms with E-state index in [2.05, 4.69) is 26.1 Å². The molecule has 16 heavy (non-hydrogen) atoms. The van der Waals surface area contributed by atoms with Crippen molar-refractivity contribution in [3.63, 3.8) is 0 Å². The predicted molar refractivity (Wildman–Crippen MR) is 68.9 cm³/mol. The molecule has 0 spiro atoms. The van der Waals surface area contributed by atoms with Gasteiger partial charge in [0, 0.05) is 12.6 Å². The first-order chi connectivity index (χ1) is 7.85. The van der Waals surface area contributed by atoms with Crippen LogP contribution in [0, 0.1) is 0 Å². The summed E-state index contributed by atoms with van der Waals surface area (Å²) in [6.07, 6.45) is 4.73. The smallest absolute Gasteiger partial charge is 0.0701 e. The van der Waals surface area contributed by atoms with Gasteiger partial charge in [0.05, 0.1) is 19.8 Å². The van der Waals surface area contributed by atoms with Crippen LogP contribution in [0.1, 0.15) is 46.5 Å². The number of nitrogens with one attached hydrogen (secondary N) is 1. The monoisotopic (exact) mass is 231 g/mol. The Morgan fingerprint density at radius 2 is 1.69 bits per heavy atom. The summed E-state index contributed by atoms with van der Waals surface area (Å²) in [5, 5.41) is 3.43. The van der Waals surface area contributed by atoms with Gasteiger partial charge in [-0.1, -0.05) is 33.6 Å². The Hall–Kier alpha value is -0.120. The van der Waals surface area contributed by atoms with Crippen molar-refractivity contribution < 1.29 is 9.47 Å². The van der Waals surface area contributed by atoms with Crippen LogP contribution in [0.25, 0.3) is 0 Å². The second-order valence-electron chi connectivity index (χ2n) is 4.08. The fourth-order valence-corrected chi connectivity index (χ4v) is 1.57. The second-order valence-corrected chi connectivity index (χ2v) is 4.08. The van der Waals surface area contributed by atoms with Gasteiger partial charge in [-0.3, -0.25) is 0 Å². The van der Waals surface area contributed by atoms with Crippen molar-refractivity contribution in [2.75, 3.05) is 33.0 Å². The number of rotatable bonds is 12. The highest BCUT2D eigenvalue weighted by Gasteiger charge is 2.05. The van der Waals surface area contributed by atoms with Crippen LogP contribution in [0.3, 0.4) is 0 Å². The maximum Gasteiger partial charge on any atom is 0.0701 e. The predicted octanol–water partition coefficient (Wildman–Crippen LogP) is 2.60. The van der Waals surface area contributed by atoms with Crippen molar-refractivity contribution in [2.45, 2.75) is 52.5 Å². The lowest BCUT2D eigenvalue weighted by Gasteiger charge is -2.17. The van der Waals surface area contributed by atoms with Crippen LogP contribution < -0.4 is 5.32 Å². The minimum Gasteiger partial charge on any atom is -0.379 e. The summed E-state index contributed by atoms with van der Waals surface area (Å²) in [5.74, 6) is 0. The fourth-order valence-electron chi connectivity index (χ4n) is 1.57. The standard InChI is InChI=1S/C13H29NO2/c1-4-7-9-15-10-11-16-12-13(8-5-2)14-6-3/h13-14H,4-12H2,1-3H3. The molecule has 3 heteroatoms. The van der Waals surface area contributed by atoms with Crippen molar-refractivity contribution >= 4 is 0 Å². The van der Waals surface area contributed by atoms with Crippen molar-refractivity contribution in [1.82, 2.24) is 5.32 Å². The molecule has 0 rings (SSSR count). The normalized spacial score (nSPS) is 12.9. The summed E-state index contributed by atoms with van der Waals surface area (Å²) >= 11 is 0. The average molecular weight is 231 g/mol. The minimum absolute atomic E-state index is 0.505. The highest BCUT2D eigenvalue weighted by molar-refractivity contribution is 4.63. The molecule has 1 unspecified atom stereocenters. The molecule has 0 bridgehead atoms. The van der Waals surface area contributed by atoms with Crippen LogP contribution in [0.15, 0.2) is 0 Å². The summed E-state index contributed by atoms with van der Waals surface area (Å²) in [6.45, 7) is 10.6. The van der Waals surface area contributed by atoms with Crippen LogP contribution in [0.5, 0.6) is 0 Å². The van der Waals surface area contributed by atoms with E-state index in [0.717, 1.165) is 39.4 Å². The minimum atomic E-state index is 0.505. The SMILES string of the molecule is CCCCOCCOCC(CCC)NCC. The number of likely N-dealkylation sites (N-methyl/N-ethyl adjacent to an activating group) is 1. The van der Waals surface area contributed by atoms with Crippen LogP contribution in [0.2, 0.25) is 0 Å². The summed E-state index contributed by atoms with van der Waals surface area (Å²) in [4.78, 5) is 0. The molecule has 0 aromatic rings. The molecule has 1 N–H and O–H groups in total. The molecule has 3 nitrogen and oxygen atoms in total. The third-order valence-corrected chi connectivity index (χ3v) is 2.46. The molecule has 0 aromatic heterocycles. The molecular formula is C13H29NO2. The highest BCUT2D eigenvalue weighted by Crippen LogP contribution is 1.97. The Morgan fingerprint density at radius 3 is 2.31 bits per heavy atom. The van der Waals surface area contributed by atoms with Crippen molar-refractivity contribution in [1.29, 1.82) is 0 Å². The molecule has 0 saturated heterocycles. The third kappa shape index (κ3) is 10.4. The lowest BCUT2D eigenvalue weighted by Crippen LogP contribution is -2.33. The lowest BCUT2D eigenvalue weighted by molar-refractivity contribution is 0.0374. The summed E-state index contributed by atoms with van der Waals surface area (Å²) in [6, 6.07) is 0.505. The molecule has 0 aliphatic heterocycles. The van der Waals surface area contributed by atoms with Crippen molar-refractivity contribution in [3.8, 4) is 0 Å². The third-order valence-electron chi connectivity index (χ3n) is 2.46. The second kappa shape index (κ2) is 12.9. The quantitative estimate of drug-likeness (QED) is 0.524. The Morgan fingerprint density at radius 1 is 0.938 bits per heavy atom. The molecule has 98 valence electrons. The molecule has 0 saturated carbocycles. The van der Waals surface area contributed by atoms with E-state index in [1.165, 1.54) is 19.3 Å². The number of unbranched alkanes of at least 4 members (excludes halogenated alkanes) is 1. The van der Waals surface area contributed by atoms with Gasteiger partial charge in [0.15, 0.2) is 0 Å². The Labute approximate surface area is 101 Å². The average Bonchev–Trinajstić information content (AvgIpc) is 2.28. The molecule has 0 amide bonds. The van der Waals surface area contributed by atoms with Crippen molar-refractivity contribution in [2.24, 2.45) is 0 Å². The fraction of sp³-hybridized carbons (Fsp3) is 1.00. The van der Waals surface area contributed by atoms with E-state index in [9.17, 15) is 0 Å². The molecule has 0 radical (unpaired) electrons. The summed E-state index contributed by atoms with van der Waals surface area (Å²) in [7, 11) is 0. The topological polar surface area (TPSA) is 30.5 Å². The van der Waals surface area contributed by atoms with Crippen molar-refractivity contribution in [3.05, 3.63) is 0 Å². The van der Waals surface area contributed by atoms with Gasteiger partial charge in [-0.05, 0) is 19.4 Å². The van der Waals surface area contributed by atoms with Gasteiger partial charge >= 0.3 is 0 Å². The summed E-state index contributed by atoms with van der Waals surface area (Å²) < 4.78 is 11.0. The molecule has 0 aliphatic rings. The van der Waals surface area contributed by atoms with E-state index in [1.54, 1.807) is 0 Å². The Bertz CT molecular complexity index is 125. The molecule has 0 aromatic carbocycles. The number of ether oxygens (including phenoxy) is 2. The Balaban J connectivity index is 3.25. The lowest BCUT2D eigenvalue weighted by atomic mass is 10.2. The maximum atomic E-state index is 5.59. The summed E-state index contributed by atoms with van der Waals surface area (Å²) in [5.41, 5.74) is 0. The first-order valence-corrected chi connectivity index (χ1v) is 6.73. The molecular weight excluding hydrogens is 202 g/mol. The zero-order valence-corrected chi connectivity index (χ0v) is 11.3. The van der Waals surface area contributed by atoms with Gasteiger partial charge in [-0.15, -0.1) is 0 Å². The van der Waals surface area contributed by atoms with Crippen LogP contribution in [-0.4, -0.2) is 39.0 Å².